The first-order valence-electron chi connectivity index (χ1n) is 9.27. The van der Waals surface area contributed by atoms with Gasteiger partial charge in [0, 0.05) is 16.9 Å². The monoisotopic (exact) mass is 364 g/mol. The predicted octanol–water partition coefficient (Wildman–Crippen LogP) is 0.735. The molecule has 1 spiro atoms. The molecule has 3 saturated heterocycles. The van der Waals surface area contributed by atoms with Crippen molar-refractivity contribution < 1.29 is 33.6 Å². The molecule has 2 aliphatic carbocycles. The molecule has 7 nitrogen and oxygen atoms in total. The second-order valence-corrected chi connectivity index (χ2v) is 8.98. The van der Waals surface area contributed by atoms with E-state index >= 15 is 0 Å². The van der Waals surface area contributed by atoms with Gasteiger partial charge in [-0.05, 0) is 26.2 Å². The molecule has 5 fully saturated rings. The van der Waals surface area contributed by atoms with E-state index in [9.17, 15) is 14.7 Å². The fraction of sp³-hybridized carbons (Fsp3) is 0.789. The summed E-state index contributed by atoms with van der Waals surface area (Å²) in [5.74, 6) is -1.36. The summed E-state index contributed by atoms with van der Waals surface area (Å²) >= 11 is 0. The van der Waals surface area contributed by atoms with Crippen molar-refractivity contribution in [3.8, 4) is 0 Å². The molecule has 5 aliphatic rings. The van der Waals surface area contributed by atoms with Crippen molar-refractivity contribution in [1.82, 2.24) is 0 Å². The van der Waals surface area contributed by atoms with Crippen molar-refractivity contribution in [2.75, 3.05) is 13.2 Å². The van der Waals surface area contributed by atoms with E-state index in [1.807, 2.05) is 6.92 Å². The Morgan fingerprint density at radius 3 is 2.62 bits per heavy atom. The zero-order valence-corrected chi connectivity index (χ0v) is 15.0. The van der Waals surface area contributed by atoms with Crippen LogP contribution in [0.15, 0.2) is 12.2 Å². The molecule has 1 N–H and O–H groups in total. The van der Waals surface area contributed by atoms with E-state index < -0.39 is 35.1 Å². The molecule has 7 heteroatoms. The number of aliphatic hydroxyl groups excluding tert-OH is 1. The van der Waals surface area contributed by atoms with Gasteiger partial charge in [0.1, 0.15) is 12.2 Å². The number of carbonyl (C=O) groups excluding carboxylic acids is 2. The van der Waals surface area contributed by atoms with Crippen LogP contribution in [-0.2, 0) is 28.5 Å². The minimum Gasteiger partial charge on any atom is -0.460 e. The summed E-state index contributed by atoms with van der Waals surface area (Å²) in [5, 5.41) is 10.8. The first kappa shape index (κ1) is 16.7. The Hall–Kier alpha value is -1.44. The lowest BCUT2D eigenvalue weighted by atomic mass is 9.51. The largest absolute Gasteiger partial charge is 0.460 e. The molecule has 0 aromatic rings. The van der Waals surface area contributed by atoms with Crippen molar-refractivity contribution in [1.29, 1.82) is 0 Å². The third kappa shape index (κ3) is 2.05. The smallest absolute Gasteiger partial charge is 0.340 e. The second-order valence-electron chi connectivity index (χ2n) is 8.98. The maximum atomic E-state index is 12.5. The van der Waals surface area contributed by atoms with Crippen LogP contribution in [0.4, 0.5) is 0 Å². The Labute approximate surface area is 151 Å². The molecular formula is C19H24O7. The molecule has 0 amide bonds. The minimum absolute atomic E-state index is 0.133. The summed E-state index contributed by atoms with van der Waals surface area (Å²) in [4.78, 5) is 24.6. The van der Waals surface area contributed by atoms with Crippen LogP contribution in [0.2, 0.25) is 0 Å². The normalized spacial score (nSPS) is 54.3. The molecule has 3 aliphatic heterocycles. The van der Waals surface area contributed by atoms with E-state index in [1.165, 1.54) is 0 Å². The summed E-state index contributed by atoms with van der Waals surface area (Å²) in [6.07, 6.45) is 0.192. The molecule has 0 aromatic carbocycles. The van der Waals surface area contributed by atoms with E-state index in [0.717, 1.165) is 6.42 Å². The standard InChI is InChI=1S/C19H24O7/c1-9-12-10(20)6-17(2)11(25-16(22)18(3)7-23-18)4-5-19(8-24-19)14(17)13(12)26-15(9)21/h10-14,20H,1,4-8H2,2-3H3/t10-,11-,12+,13-,14+,17-,18-,19-/m0/s1. The van der Waals surface area contributed by atoms with Crippen LogP contribution < -0.4 is 0 Å². The fourth-order valence-electron chi connectivity index (χ4n) is 5.60. The summed E-state index contributed by atoms with van der Waals surface area (Å²) < 4.78 is 22.6. The number of epoxide rings is 2. The minimum atomic E-state index is -0.846. The Morgan fingerprint density at radius 2 is 2.00 bits per heavy atom. The quantitative estimate of drug-likeness (QED) is 0.438. The number of hydrogen-bond acceptors (Lipinski definition) is 7. The average Bonchev–Trinajstić information content (AvgIpc) is 3.47. The topological polar surface area (TPSA) is 97.9 Å². The second kappa shape index (κ2) is 4.88. The van der Waals surface area contributed by atoms with E-state index in [4.69, 9.17) is 18.9 Å². The first-order chi connectivity index (χ1) is 12.2. The van der Waals surface area contributed by atoms with Crippen LogP contribution in [0, 0.1) is 17.3 Å². The molecule has 2 saturated carbocycles. The Balaban J connectivity index is 1.50. The lowest BCUT2D eigenvalue weighted by Crippen LogP contribution is -2.63. The molecule has 0 unspecified atom stereocenters. The Morgan fingerprint density at radius 1 is 1.31 bits per heavy atom. The van der Waals surface area contributed by atoms with Gasteiger partial charge >= 0.3 is 11.9 Å². The van der Waals surface area contributed by atoms with Gasteiger partial charge < -0.3 is 24.1 Å². The van der Waals surface area contributed by atoms with Crippen molar-refractivity contribution in [2.24, 2.45) is 17.3 Å². The molecule has 0 bridgehead atoms. The highest BCUT2D eigenvalue weighted by atomic mass is 16.6. The molecule has 0 radical (unpaired) electrons. The van der Waals surface area contributed by atoms with Gasteiger partial charge in [-0.15, -0.1) is 0 Å². The van der Waals surface area contributed by atoms with Crippen LogP contribution >= 0.6 is 0 Å². The highest BCUT2D eigenvalue weighted by Crippen LogP contribution is 2.64. The highest BCUT2D eigenvalue weighted by Gasteiger charge is 2.72. The molecule has 142 valence electrons. The van der Waals surface area contributed by atoms with Gasteiger partial charge in [0.15, 0.2) is 5.60 Å². The zero-order chi connectivity index (χ0) is 18.5. The van der Waals surface area contributed by atoms with Gasteiger partial charge in [-0.1, -0.05) is 13.5 Å². The van der Waals surface area contributed by atoms with Gasteiger partial charge in [0.25, 0.3) is 0 Å². The molecule has 5 rings (SSSR count). The number of rotatable bonds is 2. The lowest BCUT2D eigenvalue weighted by Gasteiger charge is -2.56. The summed E-state index contributed by atoms with van der Waals surface area (Å²) in [7, 11) is 0. The Bertz CT molecular complexity index is 707. The van der Waals surface area contributed by atoms with Crippen molar-refractivity contribution in [2.45, 2.75) is 62.6 Å². The molecule has 0 aromatic heterocycles. The highest BCUT2D eigenvalue weighted by molar-refractivity contribution is 5.91. The molecule has 3 heterocycles. The maximum absolute atomic E-state index is 12.5. The van der Waals surface area contributed by atoms with Crippen LogP contribution in [0.1, 0.15) is 33.1 Å². The third-order valence-electron chi connectivity index (χ3n) is 7.27. The van der Waals surface area contributed by atoms with E-state index in [-0.39, 0.29) is 23.6 Å². The molecule has 26 heavy (non-hydrogen) atoms. The SMILES string of the molecule is C=C1C(=O)O[C@H]2[C@H]1[C@@H](O)C[C@@]1(C)[C@@H](OC(=O)[C@]3(C)CO3)CC[C@]3(CO3)[C@H]21. The number of fused-ring (bicyclic) bond motifs is 4. The summed E-state index contributed by atoms with van der Waals surface area (Å²) in [6, 6.07) is 0. The van der Waals surface area contributed by atoms with Gasteiger partial charge in [0.05, 0.1) is 30.8 Å². The predicted molar refractivity (Wildman–Crippen MR) is 86.9 cm³/mol. The van der Waals surface area contributed by atoms with E-state index in [1.54, 1.807) is 6.92 Å². The average molecular weight is 364 g/mol. The molecular weight excluding hydrogens is 340 g/mol. The van der Waals surface area contributed by atoms with Gasteiger partial charge in [0.2, 0.25) is 0 Å². The van der Waals surface area contributed by atoms with Crippen molar-refractivity contribution in [3.05, 3.63) is 12.2 Å². The maximum Gasteiger partial charge on any atom is 0.340 e. The Kier molecular flexibility index (Phi) is 3.14. The number of hydrogen-bond donors (Lipinski definition) is 1. The van der Waals surface area contributed by atoms with Crippen molar-refractivity contribution >= 4 is 11.9 Å². The van der Waals surface area contributed by atoms with E-state index in [0.29, 0.717) is 31.6 Å². The van der Waals surface area contributed by atoms with Crippen molar-refractivity contribution in [3.63, 3.8) is 0 Å². The molecule has 8 atom stereocenters. The van der Waals surface area contributed by atoms with E-state index in [2.05, 4.69) is 6.58 Å². The van der Waals surface area contributed by atoms with Crippen LogP contribution in [-0.4, -0.2) is 59.8 Å². The lowest BCUT2D eigenvalue weighted by molar-refractivity contribution is -0.207. The number of carbonyl (C=O) groups is 2. The third-order valence-corrected chi connectivity index (χ3v) is 7.27. The zero-order valence-electron chi connectivity index (χ0n) is 15.0. The summed E-state index contributed by atoms with van der Waals surface area (Å²) in [5.41, 5.74) is -1.41. The number of aliphatic hydroxyl groups is 1. The van der Waals surface area contributed by atoms with Gasteiger partial charge in [-0.2, -0.15) is 0 Å². The van der Waals surface area contributed by atoms with Gasteiger partial charge in [-0.3, -0.25) is 0 Å². The number of ether oxygens (including phenoxy) is 4. The van der Waals surface area contributed by atoms with Crippen LogP contribution in [0.3, 0.4) is 0 Å². The van der Waals surface area contributed by atoms with Crippen LogP contribution in [0.25, 0.3) is 0 Å². The summed E-state index contributed by atoms with van der Waals surface area (Å²) in [6.45, 7) is 8.55. The van der Waals surface area contributed by atoms with Crippen LogP contribution in [0.5, 0.6) is 0 Å². The fourth-order valence-corrected chi connectivity index (χ4v) is 5.60. The first-order valence-corrected chi connectivity index (χ1v) is 9.27. The van der Waals surface area contributed by atoms with Gasteiger partial charge in [-0.25, -0.2) is 9.59 Å². The number of esters is 2.